The number of rotatable bonds is 2. The van der Waals surface area contributed by atoms with Gasteiger partial charge in [0.15, 0.2) is 0 Å². The van der Waals surface area contributed by atoms with E-state index in [9.17, 15) is 0 Å². The van der Waals surface area contributed by atoms with Crippen LogP contribution in [0.25, 0.3) is 84.5 Å². The molecule has 4 aromatic heterocycles. The molecule has 5 aromatic carbocycles. The number of fused-ring (bicyclic) bond motifs is 8. The number of thiophene rings is 2. The summed E-state index contributed by atoms with van der Waals surface area (Å²) in [6, 6.07) is 34.7. The molecular weight excluding hydrogens is 505 g/mol. The average molecular weight is 523 g/mol. The number of furan rings is 2. The lowest BCUT2D eigenvalue weighted by Gasteiger charge is -2.14. The van der Waals surface area contributed by atoms with Crippen LogP contribution >= 0.6 is 22.7 Å². The first-order chi connectivity index (χ1) is 18.9. The molecule has 0 aliphatic heterocycles. The minimum Gasteiger partial charge on any atom is -0.464 e. The lowest BCUT2D eigenvalue weighted by molar-refractivity contribution is 0.615. The van der Waals surface area contributed by atoms with Crippen molar-refractivity contribution in [3.8, 4) is 22.3 Å². The summed E-state index contributed by atoms with van der Waals surface area (Å²) in [6.07, 6.45) is 3.60. The summed E-state index contributed by atoms with van der Waals surface area (Å²) >= 11 is 3.78. The smallest absolute Gasteiger partial charge is 0.134 e. The van der Waals surface area contributed by atoms with E-state index in [1.165, 1.54) is 62.6 Å². The van der Waals surface area contributed by atoms with E-state index in [4.69, 9.17) is 8.83 Å². The summed E-state index contributed by atoms with van der Waals surface area (Å²) in [5, 5.41) is 7.51. The van der Waals surface area contributed by atoms with Gasteiger partial charge in [-0.25, -0.2) is 0 Å². The molecule has 0 bridgehead atoms. The van der Waals surface area contributed by atoms with Crippen LogP contribution in [0.1, 0.15) is 0 Å². The largest absolute Gasteiger partial charge is 0.464 e. The lowest BCUT2D eigenvalue weighted by Crippen LogP contribution is -1.87. The quantitative estimate of drug-likeness (QED) is 0.226. The highest BCUT2D eigenvalue weighted by Gasteiger charge is 2.25. The van der Waals surface area contributed by atoms with Crippen molar-refractivity contribution in [1.82, 2.24) is 0 Å². The van der Waals surface area contributed by atoms with Gasteiger partial charge in [0.05, 0.1) is 12.5 Å². The second-order valence-electron chi connectivity index (χ2n) is 9.63. The molecule has 0 amide bonds. The first-order valence-corrected chi connectivity index (χ1v) is 14.2. The predicted octanol–water partition coefficient (Wildman–Crippen LogP) is 11.2. The molecule has 0 saturated heterocycles. The van der Waals surface area contributed by atoms with E-state index < -0.39 is 0 Å². The van der Waals surface area contributed by atoms with Crippen LogP contribution in [0.4, 0.5) is 0 Å². The molecule has 38 heavy (non-hydrogen) atoms. The van der Waals surface area contributed by atoms with Gasteiger partial charge in [0.25, 0.3) is 0 Å². The second kappa shape index (κ2) is 7.57. The van der Waals surface area contributed by atoms with Crippen molar-refractivity contribution in [2.24, 2.45) is 0 Å². The first-order valence-electron chi connectivity index (χ1n) is 12.6. The first kappa shape index (κ1) is 20.7. The maximum Gasteiger partial charge on any atom is 0.134 e. The number of benzene rings is 5. The molecule has 0 aliphatic rings. The molecule has 9 rings (SSSR count). The van der Waals surface area contributed by atoms with Crippen molar-refractivity contribution in [1.29, 1.82) is 0 Å². The molecular formula is C34H18O2S2. The van der Waals surface area contributed by atoms with E-state index in [2.05, 4.69) is 97.1 Å². The van der Waals surface area contributed by atoms with Gasteiger partial charge in [0.2, 0.25) is 0 Å². The molecule has 0 saturated carbocycles. The Morgan fingerprint density at radius 1 is 0.421 bits per heavy atom. The summed E-state index contributed by atoms with van der Waals surface area (Å²) in [5.41, 5.74) is 6.85. The molecule has 0 atom stereocenters. The third-order valence-electron chi connectivity index (χ3n) is 7.68. The topological polar surface area (TPSA) is 26.3 Å². The van der Waals surface area contributed by atoms with Gasteiger partial charge in [-0.1, -0.05) is 60.7 Å². The molecule has 0 radical (unpaired) electrons. The minimum absolute atomic E-state index is 0.914. The molecule has 0 aliphatic carbocycles. The van der Waals surface area contributed by atoms with Crippen molar-refractivity contribution in [2.45, 2.75) is 0 Å². The Kier molecular flexibility index (Phi) is 4.12. The molecule has 9 aromatic rings. The van der Waals surface area contributed by atoms with E-state index in [-0.39, 0.29) is 0 Å². The summed E-state index contributed by atoms with van der Waals surface area (Å²) in [5.74, 6) is 0. The highest BCUT2D eigenvalue weighted by molar-refractivity contribution is 7.28. The Bertz CT molecular complexity index is 2190. The number of hydrogen-bond acceptors (Lipinski definition) is 4. The van der Waals surface area contributed by atoms with Gasteiger partial charge in [-0.15, -0.1) is 22.7 Å². The van der Waals surface area contributed by atoms with Gasteiger partial charge in [-0.05, 0) is 47.5 Å². The van der Waals surface area contributed by atoms with Crippen LogP contribution in [-0.4, -0.2) is 0 Å². The van der Waals surface area contributed by atoms with E-state index in [0.29, 0.717) is 0 Å². The summed E-state index contributed by atoms with van der Waals surface area (Å²) in [6.45, 7) is 0. The fourth-order valence-electron chi connectivity index (χ4n) is 6.10. The Labute approximate surface area is 225 Å². The van der Waals surface area contributed by atoms with Crippen LogP contribution in [0, 0.1) is 0 Å². The summed E-state index contributed by atoms with van der Waals surface area (Å²) in [7, 11) is 0. The Morgan fingerprint density at radius 2 is 0.895 bits per heavy atom. The maximum atomic E-state index is 5.86. The molecule has 0 N–H and O–H groups in total. The van der Waals surface area contributed by atoms with Gasteiger partial charge >= 0.3 is 0 Å². The van der Waals surface area contributed by atoms with Crippen LogP contribution in [-0.2, 0) is 0 Å². The lowest BCUT2D eigenvalue weighted by atomic mass is 9.89. The molecule has 4 heteroatoms. The van der Waals surface area contributed by atoms with E-state index in [1.807, 2.05) is 22.7 Å². The second-order valence-corrected chi connectivity index (χ2v) is 11.7. The summed E-state index contributed by atoms with van der Waals surface area (Å²) in [4.78, 5) is 0. The van der Waals surface area contributed by atoms with E-state index >= 15 is 0 Å². The minimum atomic E-state index is 0.914. The van der Waals surface area contributed by atoms with Crippen LogP contribution in [0.5, 0.6) is 0 Å². The SMILES string of the molecule is c1cc(-c2c3sc4ccccc4c3c(-c3cccc4occc34)c3sc4ccccc4c23)c2ccoc2c1. The van der Waals surface area contributed by atoms with Crippen LogP contribution in [0.3, 0.4) is 0 Å². The van der Waals surface area contributed by atoms with Crippen molar-refractivity contribution in [3.63, 3.8) is 0 Å². The molecule has 178 valence electrons. The molecule has 4 heterocycles. The highest BCUT2D eigenvalue weighted by atomic mass is 32.1. The van der Waals surface area contributed by atoms with Gasteiger partial charge in [-0.3, -0.25) is 0 Å². The summed E-state index contributed by atoms with van der Waals surface area (Å²) < 4.78 is 16.9. The monoisotopic (exact) mass is 522 g/mol. The standard InChI is InChI=1S/C34H18O2S2/c1-3-13-27-23(7-1)31-29(21-9-5-11-25-19(21)15-17-35-25)34-32(24-8-2-4-14-28(24)38-34)30(33(31)37-27)22-10-6-12-26-20(22)16-18-36-26/h1-18H. The van der Waals surface area contributed by atoms with Crippen LogP contribution < -0.4 is 0 Å². The van der Waals surface area contributed by atoms with Crippen LogP contribution in [0.15, 0.2) is 118 Å². The fraction of sp³-hybridized carbons (Fsp3) is 0. The van der Waals surface area contributed by atoms with Gasteiger partial charge in [0.1, 0.15) is 11.2 Å². The van der Waals surface area contributed by atoms with E-state index in [0.717, 1.165) is 21.9 Å². The molecule has 0 unspecified atom stereocenters. The maximum absolute atomic E-state index is 5.86. The molecule has 0 spiro atoms. The fourth-order valence-corrected chi connectivity index (χ4v) is 8.65. The Morgan fingerprint density at radius 3 is 1.39 bits per heavy atom. The van der Waals surface area contributed by atoms with Gasteiger partial charge in [-0.2, -0.15) is 0 Å². The Balaban J connectivity index is 1.62. The molecule has 0 fully saturated rings. The zero-order valence-corrected chi connectivity index (χ0v) is 21.7. The zero-order valence-electron chi connectivity index (χ0n) is 20.0. The van der Waals surface area contributed by atoms with Crippen molar-refractivity contribution in [2.75, 3.05) is 0 Å². The zero-order chi connectivity index (χ0) is 24.8. The normalized spacial score (nSPS) is 12.2. The van der Waals surface area contributed by atoms with Crippen LogP contribution in [0.2, 0.25) is 0 Å². The van der Waals surface area contributed by atoms with Crippen molar-refractivity contribution >= 4 is 85.0 Å². The molecule has 2 nitrogen and oxygen atoms in total. The highest BCUT2D eigenvalue weighted by Crippen LogP contribution is 2.55. The number of hydrogen-bond donors (Lipinski definition) is 0. The Hall–Kier alpha value is -4.38. The predicted molar refractivity (Wildman–Crippen MR) is 163 cm³/mol. The van der Waals surface area contributed by atoms with Gasteiger partial charge in [0, 0.05) is 62.2 Å². The third kappa shape index (κ3) is 2.66. The van der Waals surface area contributed by atoms with Crippen molar-refractivity contribution < 1.29 is 8.83 Å². The average Bonchev–Trinajstić information content (AvgIpc) is 3.75. The van der Waals surface area contributed by atoms with E-state index in [1.54, 1.807) is 12.5 Å². The van der Waals surface area contributed by atoms with Gasteiger partial charge < -0.3 is 8.83 Å². The third-order valence-corrected chi connectivity index (χ3v) is 10.1. The van der Waals surface area contributed by atoms with Crippen molar-refractivity contribution in [3.05, 3.63) is 110 Å².